The minimum absolute atomic E-state index is 0.0323. The van der Waals surface area contributed by atoms with Crippen LogP contribution in [0.2, 0.25) is 0 Å². The fraction of sp³-hybridized carbons (Fsp3) is 0.0556. The number of nitro groups is 1. The number of nitrogens with zero attached hydrogens (tertiary/aromatic N) is 1. The lowest BCUT2D eigenvalue weighted by Gasteiger charge is -2.03. The van der Waals surface area contributed by atoms with E-state index in [2.05, 4.69) is 0 Å². The van der Waals surface area contributed by atoms with Crippen molar-refractivity contribution >= 4 is 23.5 Å². The lowest BCUT2D eigenvalue weighted by molar-refractivity contribution is -0.384. The molecule has 0 aliphatic carbocycles. The van der Waals surface area contributed by atoms with Crippen LogP contribution >= 0.6 is 0 Å². The van der Waals surface area contributed by atoms with Gasteiger partial charge in [-0.15, -0.1) is 0 Å². The van der Waals surface area contributed by atoms with Gasteiger partial charge in [0, 0.05) is 17.7 Å². The fourth-order valence-corrected chi connectivity index (χ4v) is 2.29. The maximum absolute atomic E-state index is 12.0. The number of hydrogen-bond acceptors (Lipinski definition) is 5. The normalized spacial score (nSPS) is 15.1. The lowest BCUT2D eigenvalue weighted by Crippen LogP contribution is -1.97. The fourth-order valence-electron chi connectivity index (χ4n) is 2.29. The van der Waals surface area contributed by atoms with E-state index >= 15 is 0 Å². The van der Waals surface area contributed by atoms with Gasteiger partial charge in [0.1, 0.15) is 11.5 Å². The molecule has 1 heterocycles. The van der Waals surface area contributed by atoms with E-state index in [1.807, 2.05) is 0 Å². The van der Waals surface area contributed by atoms with Crippen molar-refractivity contribution in [3.63, 3.8) is 0 Å². The summed E-state index contributed by atoms with van der Waals surface area (Å²) in [5, 5.41) is 10.8. The Labute approximate surface area is 137 Å². The van der Waals surface area contributed by atoms with Crippen LogP contribution in [0, 0.1) is 10.1 Å². The first-order valence-corrected chi connectivity index (χ1v) is 7.11. The molecule has 2 aromatic carbocycles. The molecule has 2 aromatic rings. The van der Waals surface area contributed by atoms with Crippen molar-refractivity contribution in [1.82, 2.24) is 0 Å². The van der Waals surface area contributed by atoms with Crippen LogP contribution < -0.4 is 4.74 Å². The number of carbonyl (C=O) groups excluding carboxylic acids is 1. The van der Waals surface area contributed by atoms with E-state index in [0.717, 1.165) is 5.56 Å². The molecule has 0 atom stereocenters. The summed E-state index contributed by atoms with van der Waals surface area (Å²) in [5.41, 5.74) is 1.60. The zero-order chi connectivity index (χ0) is 17.1. The maximum Gasteiger partial charge on any atom is 0.343 e. The largest absolute Gasteiger partial charge is 0.497 e. The number of cyclic esters (lactones) is 1. The van der Waals surface area contributed by atoms with Gasteiger partial charge in [0.05, 0.1) is 17.6 Å². The van der Waals surface area contributed by atoms with E-state index in [4.69, 9.17) is 9.47 Å². The predicted molar refractivity (Wildman–Crippen MR) is 88.1 cm³/mol. The third-order valence-corrected chi connectivity index (χ3v) is 3.50. The second-order valence-electron chi connectivity index (χ2n) is 5.08. The molecule has 1 aliphatic heterocycles. The number of carbonyl (C=O) groups is 1. The molecule has 0 amide bonds. The number of esters is 1. The molecule has 0 saturated heterocycles. The van der Waals surface area contributed by atoms with E-state index in [1.54, 1.807) is 55.7 Å². The second kappa shape index (κ2) is 6.37. The van der Waals surface area contributed by atoms with Crippen molar-refractivity contribution in [2.24, 2.45) is 0 Å². The highest BCUT2D eigenvalue weighted by Crippen LogP contribution is 2.29. The molecule has 6 nitrogen and oxygen atoms in total. The van der Waals surface area contributed by atoms with Crippen molar-refractivity contribution in [2.45, 2.75) is 0 Å². The zero-order valence-corrected chi connectivity index (χ0v) is 12.8. The number of hydrogen-bond donors (Lipinski definition) is 0. The highest BCUT2D eigenvalue weighted by molar-refractivity contribution is 6.05. The Bertz CT molecular complexity index is 865. The summed E-state index contributed by atoms with van der Waals surface area (Å²) in [6.07, 6.45) is 3.18. The zero-order valence-electron chi connectivity index (χ0n) is 12.8. The highest BCUT2D eigenvalue weighted by Gasteiger charge is 2.22. The van der Waals surface area contributed by atoms with Crippen LogP contribution in [0.1, 0.15) is 11.1 Å². The Hall–Kier alpha value is -3.41. The van der Waals surface area contributed by atoms with Crippen LogP contribution in [-0.2, 0) is 9.53 Å². The molecular weight excluding hydrogens is 310 g/mol. The molecule has 120 valence electrons. The summed E-state index contributed by atoms with van der Waals surface area (Å²) in [4.78, 5) is 22.3. The summed E-state index contributed by atoms with van der Waals surface area (Å²) in [7, 11) is 1.57. The van der Waals surface area contributed by atoms with Gasteiger partial charge in [-0.2, -0.15) is 0 Å². The van der Waals surface area contributed by atoms with E-state index in [1.165, 1.54) is 12.1 Å². The first kappa shape index (κ1) is 15.5. The predicted octanol–water partition coefficient (Wildman–Crippen LogP) is 3.58. The van der Waals surface area contributed by atoms with Crippen LogP contribution in [0.25, 0.3) is 11.8 Å². The Morgan fingerprint density at radius 3 is 2.58 bits per heavy atom. The molecular formula is C18H13NO5. The van der Waals surface area contributed by atoms with Crippen LogP contribution in [0.4, 0.5) is 5.69 Å². The number of benzene rings is 2. The molecule has 6 heteroatoms. The third-order valence-electron chi connectivity index (χ3n) is 3.50. The first-order valence-electron chi connectivity index (χ1n) is 7.11. The quantitative estimate of drug-likeness (QED) is 0.372. The minimum Gasteiger partial charge on any atom is -0.497 e. The van der Waals surface area contributed by atoms with E-state index in [0.29, 0.717) is 22.6 Å². The number of rotatable bonds is 4. The molecule has 0 unspecified atom stereocenters. The molecule has 0 bridgehead atoms. The minimum atomic E-state index is -0.493. The third kappa shape index (κ3) is 3.17. The van der Waals surface area contributed by atoms with Crippen molar-refractivity contribution in [1.29, 1.82) is 0 Å². The van der Waals surface area contributed by atoms with Gasteiger partial charge < -0.3 is 9.47 Å². The molecule has 0 spiro atoms. The number of methoxy groups -OCH3 is 1. The molecule has 24 heavy (non-hydrogen) atoms. The molecule has 0 N–H and O–H groups in total. The monoisotopic (exact) mass is 323 g/mol. The van der Waals surface area contributed by atoms with Crippen molar-refractivity contribution in [2.75, 3.05) is 7.11 Å². The van der Waals surface area contributed by atoms with Gasteiger partial charge in [-0.3, -0.25) is 10.1 Å². The molecule has 0 aromatic heterocycles. The SMILES string of the molecule is COc1ccc(C2=CC(=Cc3cccc([N+](=O)[O-])c3)C(=O)O2)cc1. The lowest BCUT2D eigenvalue weighted by atomic mass is 10.1. The van der Waals surface area contributed by atoms with Crippen LogP contribution in [0.5, 0.6) is 5.75 Å². The number of non-ortho nitro benzene ring substituents is 1. The van der Waals surface area contributed by atoms with Crippen LogP contribution in [0.15, 0.2) is 60.2 Å². The molecule has 3 rings (SSSR count). The average molecular weight is 323 g/mol. The Kier molecular flexibility index (Phi) is 4.11. The Morgan fingerprint density at radius 2 is 1.92 bits per heavy atom. The van der Waals surface area contributed by atoms with Crippen molar-refractivity contribution in [3.8, 4) is 5.75 Å². The maximum atomic E-state index is 12.0. The Balaban J connectivity index is 1.90. The molecule has 1 aliphatic rings. The van der Waals surface area contributed by atoms with Gasteiger partial charge in [0.15, 0.2) is 0 Å². The van der Waals surface area contributed by atoms with Crippen LogP contribution in [-0.4, -0.2) is 18.0 Å². The highest BCUT2D eigenvalue weighted by atomic mass is 16.6. The second-order valence-corrected chi connectivity index (χ2v) is 5.08. The molecule has 0 radical (unpaired) electrons. The van der Waals surface area contributed by atoms with Crippen LogP contribution in [0.3, 0.4) is 0 Å². The summed E-state index contributed by atoms with van der Waals surface area (Å²) in [6, 6.07) is 13.2. The van der Waals surface area contributed by atoms with Crippen molar-refractivity contribution < 1.29 is 19.2 Å². The Morgan fingerprint density at radius 1 is 1.17 bits per heavy atom. The molecule has 0 saturated carbocycles. The number of nitro benzene ring substituents is 1. The summed E-state index contributed by atoms with van der Waals surface area (Å²) in [6.45, 7) is 0. The molecule has 0 fully saturated rings. The summed E-state index contributed by atoms with van der Waals surface area (Å²) < 4.78 is 10.4. The smallest absolute Gasteiger partial charge is 0.343 e. The number of ether oxygens (including phenoxy) is 2. The topological polar surface area (TPSA) is 78.7 Å². The van der Waals surface area contributed by atoms with E-state index in [-0.39, 0.29) is 5.69 Å². The van der Waals surface area contributed by atoms with Gasteiger partial charge >= 0.3 is 5.97 Å². The van der Waals surface area contributed by atoms with Gasteiger partial charge in [-0.1, -0.05) is 12.1 Å². The summed E-state index contributed by atoms with van der Waals surface area (Å²) in [5.74, 6) is 0.641. The van der Waals surface area contributed by atoms with Gasteiger partial charge in [0.2, 0.25) is 0 Å². The van der Waals surface area contributed by atoms with Gasteiger partial charge in [0.25, 0.3) is 5.69 Å². The van der Waals surface area contributed by atoms with Crippen molar-refractivity contribution in [3.05, 3.63) is 81.4 Å². The summed E-state index contributed by atoms with van der Waals surface area (Å²) >= 11 is 0. The first-order chi connectivity index (χ1) is 11.6. The van der Waals surface area contributed by atoms with Gasteiger partial charge in [-0.05, 0) is 42.0 Å². The average Bonchev–Trinajstić information content (AvgIpc) is 2.96. The van der Waals surface area contributed by atoms with E-state index in [9.17, 15) is 14.9 Å². The van der Waals surface area contributed by atoms with Gasteiger partial charge in [-0.25, -0.2) is 4.79 Å². The standard InChI is InChI=1S/C18H13NO5/c1-23-16-7-5-13(6-8-16)17-11-14(18(20)24-17)9-12-3-2-4-15(10-12)19(21)22/h2-11H,1H3. The van der Waals surface area contributed by atoms with E-state index < -0.39 is 10.9 Å².